The fourth-order valence-electron chi connectivity index (χ4n) is 4.28. The molecule has 4 heteroatoms. The highest BCUT2D eigenvalue weighted by Gasteiger charge is 2.46. The maximum Gasteiger partial charge on any atom is 0.303 e. The second-order valence-corrected chi connectivity index (χ2v) is 7.86. The van der Waals surface area contributed by atoms with Gasteiger partial charge in [0, 0.05) is 6.42 Å². The first-order valence-electron chi connectivity index (χ1n) is 10.3. The topological polar surface area (TPSA) is 77.8 Å². The van der Waals surface area contributed by atoms with Crippen molar-refractivity contribution in [3.8, 4) is 11.8 Å². The van der Waals surface area contributed by atoms with Crippen LogP contribution in [0.3, 0.4) is 0 Å². The monoisotopic (exact) mass is 362 g/mol. The molecule has 0 aliphatic heterocycles. The van der Waals surface area contributed by atoms with Crippen molar-refractivity contribution in [2.75, 3.05) is 0 Å². The fourth-order valence-corrected chi connectivity index (χ4v) is 4.28. The van der Waals surface area contributed by atoms with Gasteiger partial charge in [-0.1, -0.05) is 49.7 Å². The summed E-state index contributed by atoms with van der Waals surface area (Å²) >= 11 is 0. The van der Waals surface area contributed by atoms with E-state index in [2.05, 4.69) is 24.8 Å². The Morgan fingerprint density at radius 3 is 2.81 bits per heavy atom. The van der Waals surface area contributed by atoms with Crippen LogP contribution in [0.15, 0.2) is 11.6 Å². The summed E-state index contributed by atoms with van der Waals surface area (Å²) in [4.78, 5) is 10.6. The van der Waals surface area contributed by atoms with E-state index in [1.54, 1.807) is 0 Å². The van der Waals surface area contributed by atoms with Gasteiger partial charge < -0.3 is 15.3 Å². The van der Waals surface area contributed by atoms with Crippen molar-refractivity contribution >= 4 is 5.97 Å². The van der Waals surface area contributed by atoms with Crippen LogP contribution in [0.4, 0.5) is 0 Å². The number of carbonyl (C=O) groups is 1. The SMILES string of the molecule is CCCCCCC(O)C#C[C@@H]1[C@H]2C/C(=C\CCCC(=O)O)[C@H]2CC[C@H]1O. The maximum atomic E-state index is 10.6. The first-order chi connectivity index (χ1) is 12.5. The molecule has 4 nitrogen and oxygen atoms in total. The van der Waals surface area contributed by atoms with Crippen molar-refractivity contribution in [2.24, 2.45) is 17.8 Å². The number of rotatable bonds is 9. The molecule has 0 aromatic heterocycles. The van der Waals surface area contributed by atoms with Gasteiger partial charge in [0.25, 0.3) is 0 Å². The lowest BCUT2D eigenvalue weighted by Gasteiger charge is -2.48. The van der Waals surface area contributed by atoms with E-state index in [0.29, 0.717) is 18.3 Å². The van der Waals surface area contributed by atoms with E-state index in [4.69, 9.17) is 5.11 Å². The van der Waals surface area contributed by atoms with Gasteiger partial charge >= 0.3 is 5.97 Å². The molecule has 2 aliphatic rings. The zero-order chi connectivity index (χ0) is 18.9. The summed E-state index contributed by atoms with van der Waals surface area (Å²) in [6.45, 7) is 2.17. The Hall–Kier alpha value is -1.31. The van der Waals surface area contributed by atoms with Gasteiger partial charge in [-0.25, -0.2) is 0 Å². The number of carboxylic acid groups (broad SMARTS) is 1. The van der Waals surface area contributed by atoms with Gasteiger partial charge in [0.05, 0.1) is 12.0 Å². The smallest absolute Gasteiger partial charge is 0.303 e. The molecular formula is C22H34O4. The zero-order valence-corrected chi connectivity index (χ0v) is 16.0. The molecule has 2 fully saturated rings. The Kier molecular flexibility index (Phi) is 8.68. The van der Waals surface area contributed by atoms with Crippen LogP contribution < -0.4 is 0 Å². The third-order valence-electron chi connectivity index (χ3n) is 5.86. The number of aliphatic hydroxyl groups is 2. The lowest BCUT2D eigenvalue weighted by Crippen LogP contribution is -2.44. The van der Waals surface area contributed by atoms with Crippen LogP contribution in [0, 0.1) is 29.6 Å². The summed E-state index contributed by atoms with van der Waals surface area (Å²) < 4.78 is 0. The molecular weight excluding hydrogens is 328 g/mol. The Morgan fingerprint density at radius 1 is 1.27 bits per heavy atom. The zero-order valence-electron chi connectivity index (χ0n) is 16.0. The second kappa shape index (κ2) is 10.7. The highest BCUT2D eigenvalue weighted by molar-refractivity contribution is 5.66. The van der Waals surface area contributed by atoms with Crippen LogP contribution in [0.2, 0.25) is 0 Å². The van der Waals surface area contributed by atoms with Crippen molar-refractivity contribution in [3.63, 3.8) is 0 Å². The molecule has 1 unspecified atom stereocenters. The van der Waals surface area contributed by atoms with Gasteiger partial charge in [-0.2, -0.15) is 0 Å². The van der Waals surface area contributed by atoms with E-state index < -0.39 is 12.1 Å². The summed E-state index contributed by atoms with van der Waals surface area (Å²) in [6.07, 6.45) is 10.9. The lowest BCUT2D eigenvalue weighted by molar-refractivity contribution is -0.137. The number of unbranched alkanes of at least 4 members (excludes halogenated alkanes) is 4. The van der Waals surface area contributed by atoms with E-state index in [9.17, 15) is 15.0 Å². The largest absolute Gasteiger partial charge is 0.481 e. The molecule has 146 valence electrons. The number of aliphatic carboxylic acids is 1. The van der Waals surface area contributed by atoms with E-state index in [1.807, 2.05) is 0 Å². The summed E-state index contributed by atoms with van der Waals surface area (Å²) in [5.41, 5.74) is 1.42. The number of hydrogen-bond acceptors (Lipinski definition) is 3. The molecule has 0 amide bonds. The highest BCUT2D eigenvalue weighted by atomic mass is 16.4. The molecule has 0 heterocycles. The van der Waals surface area contributed by atoms with Crippen LogP contribution in [-0.4, -0.2) is 33.5 Å². The quantitative estimate of drug-likeness (QED) is 0.330. The van der Waals surface area contributed by atoms with Gasteiger partial charge in [0.2, 0.25) is 0 Å². The molecule has 0 aromatic carbocycles. The van der Waals surface area contributed by atoms with E-state index in [-0.39, 0.29) is 18.4 Å². The van der Waals surface area contributed by atoms with Crippen molar-refractivity contribution in [2.45, 2.75) is 89.8 Å². The molecule has 0 bridgehead atoms. The number of allylic oxidation sites excluding steroid dienone is 2. The van der Waals surface area contributed by atoms with Crippen LogP contribution >= 0.6 is 0 Å². The molecule has 0 radical (unpaired) electrons. The summed E-state index contributed by atoms with van der Waals surface area (Å²) in [6, 6.07) is 0. The third-order valence-corrected chi connectivity index (χ3v) is 5.86. The molecule has 0 aromatic rings. The number of aliphatic hydroxyl groups excluding tert-OH is 2. The molecule has 2 aliphatic carbocycles. The third kappa shape index (κ3) is 6.14. The minimum absolute atomic E-state index is 0.0322. The average Bonchev–Trinajstić information content (AvgIpc) is 2.58. The van der Waals surface area contributed by atoms with Crippen molar-refractivity contribution in [1.82, 2.24) is 0 Å². The number of hydrogen-bond donors (Lipinski definition) is 3. The van der Waals surface area contributed by atoms with Crippen LogP contribution in [0.5, 0.6) is 0 Å². The van der Waals surface area contributed by atoms with Gasteiger partial charge in [-0.15, -0.1) is 0 Å². The number of fused-ring (bicyclic) bond motifs is 1. The molecule has 3 N–H and O–H groups in total. The predicted molar refractivity (Wildman–Crippen MR) is 102 cm³/mol. The van der Waals surface area contributed by atoms with Crippen LogP contribution in [0.1, 0.15) is 77.6 Å². The van der Waals surface area contributed by atoms with Crippen LogP contribution in [-0.2, 0) is 4.79 Å². The second-order valence-electron chi connectivity index (χ2n) is 7.86. The molecule has 26 heavy (non-hydrogen) atoms. The van der Waals surface area contributed by atoms with Crippen molar-refractivity contribution in [1.29, 1.82) is 0 Å². The fraction of sp³-hybridized carbons (Fsp3) is 0.773. The van der Waals surface area contributed by atoms with E-state index in [0.717, 1.165) is 44.9 Å². The molecule has 0 saturated heterocycles. The normalized spacial score (nSPS) is 30.0. The predicted octanol–water partition coefficient (Wildman–Crippen LogP) is 3.91. The Balaban J connectivity index is 1.82. The van der Waals surface area contributed by atoms with Crippen molar-refractivity contribution in [3.05, 3.63) is 11.6 Å². The standard InChI is InChI=1S/C22H34O4/c1-2-3-4-5-9-17(23)11-12-19-20-15-16(8-6-7-10-22(25)26)18(20)13-14-21(19)24/h8,17-21,23-24H,2-7,9-10,13-15H2,1H3,(H,25,26)/b16-8+/t17?,18-,19-,20+,21-/m1/s1. The molecule has 0 spiro atoms. The molecule has 2 rings (SSSR count). The molecule has 2 saturated carbocycles. The Bertz CT molecular complexity index is 542. The highest BCUT2D eigenvalue weighted by Crippen LogP contribution is 2.51. The van der Waals surface area contributed by atoms with E-state index in [1.165, 1.54) is 18.4 Å². The minimum Gasteiger partial charge on any atom is -0.481 e. The first kappa shape index (κ1) is 21.0. The minimum atomic E-state index is -0.737. The van der Waals surface area contributed by atoms with Gasteiger partial charge in [-0.05, 0) is 56.8 Å². The Morgan fingerprint density at radius 2 is 2.08 bits per heavy atom. The van der Waals surface area contributed by atoms with E-state index >= 15 is 0 Å². The van der Waals surface area contributed by atoms with Gasteiger partial charge in [0.15, 0.2) is 0 Å². The van der Waals surface area contributed by atoms with Gasteiger partial charge in [-0.3, -0.25) is 4.79 Å². The summed E-state index contributed by atoms with van der Waals surface area (Å²) in [5.74, 6) is 6.29. The molecule has 5 atom stereocenters. The summed E-state index contributed by atoms with van der Waals surface area (Å²) in [7, 11) is 0. The first-order valence-corrected chi connectivity index (χ1v) is 10.3. The number of carboxylic acids is 1. The summed E-state index contributed by atoms with van der Waals surface area (Å²) in [5, 5.41) is 29.1. The van der Waals surface area contributed by atoms with Crippen molar-refractivity contribution < 1.29 is 20.1 Å². The Labute approximate surface area is 157 Å². The van der Waals surface area contributed by atoms with Crippen LogP contribution in [0.25, 0.3) is 0 Å². The van der Waals surface area contributed by atoms with Gasteiger partial charge in [0.1, 0.15) is 6.10 Å². The average molecular weight is 363 g/mol. The maximum absolute atomic E-state index is 10.6. The lowest BCUT2D eigenvalue weighted by atomic mass is 9.57.